The maximum Gasteiger partial charge on any atom is 0.342 e. The van der Waals surface area contributed by atoms with Gasteiger partial charge < -0.3 is 9.72 Å². The second-order valence-electron chi connectivity index (χ2n) is 9.98. The number of rotatable bonds is 8. The van der Waals surface area contributed by atoms with E-state index >= 15 is 0 Å². The van der Waals surface area contributed by atoms with Crippen LogP contribution in [0.1, 0.15) is 11.1 Å². The molecule has 1 aliphatic rings. The SMILES string of the molecule is COc1ccc2[nH]cc(CCN=C(c3ccc(Cl)cc3)C3C(=O)N(c4ccccc4)C(=O)N(c4ccccc4)C3=O)c2c1. The average Bonchev–Trinajstić information content (AvgIpc) is 3.44. The molecule has 43 heavy (non-hydrogen) atoms. The van der Waals surface area contributed by atoms with Gasteiger partial charge in [0.05, 0.1) is 24.2 Å². The summed E-state index contributed by atoms with van der Waals surface area (Å²) in [5.41, 5.74) is 3.52. The molecule has 6 rings (SSSR count). The third-order valence-electron chi connectivity index (χ3n) is 7.40. The number of nitrogens with one attached hydrogen (secondary N) is 1. The maximum atomic E-state index is 14.2. The van der Waals surface area contributed by atoms with Crippen molar-refractivity contribution < 1.29 is 19.1 Å². The van der Waals surface area contributed by atoms with Crippen LogP contribution in [0, 0.1) is 5.92 Å². The van der Waals surface area contributed by atoms with Gasteiger partial charge in [-0.15, -0.1) is 0 Å². The quantitative estimate of drug-likeness (QED) is 0.161. The number of aromatic nitrogens is 1. The highest BCUT2D eigenvalue weighted by atomic mass is 35.5. The fraction of sp³-hybridized carbons (Fsp3) is 0.118. The molecular weight excluding hydrogens is 564 g/mol. The number of urea groups is 1. The summed E-state index contributed by atoms with van der Waals surface area (Å²) in [5, 5.41) is 1.51. The molecule has 4 aromatic carbocycles. The Morgan fingerprint density at radius 3 is 2.02 bits per heavy atom. The van der Waals surface area contributed by atoms with E-state index in [1.165, 1.54) is 0 Å². The second-order valence-corrected chi connectivity index (χ2v) is 10.4. The number of hydrogen-bond acceptors (Lipinski definition) is 5. The lowest BCUT2D eigenvalue weighted by Gasteiger charge is -2.37. The molecule has 1 N–H and O–H groups in total. The molecule has 0 saturated carbocycles. The van der Waals surface area contributed by atoms with E-state index in [2.05, 4.69) is 4.98 Å². The lowest BCUT2D eigenvalue weighted by atomic mass is 9.91. The van der Waals surface area contributed by atoms with Crippen LogP contribution in [0.25, 0.3) is 10.9 Å². The summed E-state index contributed by atoms with van der Waals surface area (Å²) in [6, 6.07) is 29.1. The average molecular weight is 591 g/mol. The van der Waals surface area contributed by atoms with Crippen LogP contribution >= 0.6 is 11.6 Å². The first kappa shape index (κ1) is 27.9. The highest BCUT2D eigenvalue weighted by molar-refractivity contribution is 6.43. The Kier molecular flexibility index (Phi) is 7.77. The lowest BCUT2D eigenvalue weighted by Crippen LogP contribution is -2.62. The van der Waals surface area contributed by atoms with Crippen molar-refractivity contribution in [2.45, 2.75) is 6.42 Å². The molecule has 0 atom stereocenters. The third-order valence-corrected chi connectivity index (χ3v) is 7.65. The number of barbiturate groups is 1. The Hall–Kier alpha value is -5.21. The number of imide groups is 2. The molecule has 1 aromatic heterocycles. The molecule has 0 radical (unpaired) electrons. The van der Waals surface area contributed by atoms with Crippen LogP contribution in [0.15, 0.2) is 114 Å². The monoisotopic (exact) mass is 590 g/mol. The van der Waals surface area contributed by atoms with Gasteiger partial charge in [-0.05, 0) is 72.1 Å². The number of carbonyl (C=O) groups is 3. The van der Waals surface area contributed by atoms with Crippen molar-refractivity contribution in [1.29, 1.82) is 0 Å². The minimum Gasteiger partial charge on any atom is -0.497 e. The van der Waals surface area contributed by atoms with Crippen LogP contribution in [-0.2, 0) is 16.0 Å². The highest BCUT2D eigenvalue weighted by Crippen LogP contribution is 2.31. The molecular formula is C34H27ClN4O4. The van der Waals surface area contributed by atoms with E-state index in [-0.39, 0.29) is 12.3 Å². The molecule has 5 aromatic rings. The van der Waals surface area contributed by atoms with Crippen molar-refractivity contribution >= 4 is 57.4 Å². The maximum absolute atomic E-state index is 14.2. The summed E-state index contributed by atoms with van der Waals surface area (Å²) in [6.45, 7) is 0.282. The number of methoxy groups -OCH3 is 1. The Morgan fingerprint density at radius 1 is 0.837 bits per heavy atom. The number of para-hydroxylation sites is 2. The zero-order valence-corrected chi connectivity index (χ0v) is 24.0. The Morgan fingerprint density at radius 2 is 1.44 bits per heavy atom. The number of fused-ring (bicyclic) bond motifs is 1. The Balaban J connectivity index is 1.43. The van der Waals surface area contributed by atoms with Crippen molar-refractivity contribution in [1.82, 2.24) is 4.98 Å². The topological polar surface area (TPSA) is 95.1 Å². The molecule has 8 nitrogen and oxygen atoms in total. The summed E-state index contributed by atoms with van der Waals surface area (Å²) in [6.07, 6.45) is 2.45. The number of aliphatic imine (C=N–C) groups is 1. The van der Waals surface area contributed by atoms with Crippen molar-refractivity contribution in [3.8, 4) is 5.75 Å². The first-order chi connectivity index (χ1) is 21.0. The fourth-order valence-corrected chi connectivity index (χ4v) is 5.40. The number of halogens is 1. The number of H-pyrrole nitrogens is 1. The first-order valence-corrected chi connectivity index (χ1v) is 14.1. The van der Waals surface area contributed by atoms with Crippen molar-refractivity contribution in [2.24, 2.45) is 10.9 Å². The van der Waals surface area contributed by atoms with Crippen LogP contribution in [0.4, 0.5) is 16.2 Å². The predicted octanol–water partition coefficient (Wildman–Crippen LogP) is 6.68. The molecule has 1 saturated heterocycles. The van der Waals surface area contributed by atoms with Crippen LogP contribution in [0.2, 0.25) is 5.02 Å². The number of carbonyl (C=O) groups excluding carboxylic acids is 3. The standard InChI is InChI=1S/C34H27ClN4O4/c1-43-27-16-17-29-28(20-27)23(21-37-29)18-19-36-31(22-12-14-24(35)15-13-22)30-32(40)38(25-8-4-2-5-9-25)34(42)39(33(30)41)26-10-6-3-7-11-26/h2-17,20-21,30,37H,18-19H2,1H3. The van der Waals surface area contributed by atoms with Crippen LogP contribution in [0.3, 0.4) is 0 Å². The van der Waals surface area contributed by atoms with Gasteiger partial charge in [0.1, 0.15) is 5.75 Å². The third kappa shape index (κ3) is 5.40. The number of aromatic amines is 1. The second kappa shape index (κ2) is 12.0. The molecule has 0 spiro atoms. The smallest absolute Gasteiger partial charge is 0.342 e. The summed E-state index contributed by atoms with van der Waals surface area (Å²) in [4.78, 5) is 52.4. The van der Waals surface area contributed by atoms with Gasteiger partial charge in [-0.1, -0.05) is 60.1 Å². The lowest BCUT2D eigenvalue weighted by molar-refractivity contribution is -0.129. The van der Waals surface area contributed by atoms with Gasteiger partial charge in [0.15, 0.2) is 5.92 Å². The van der Waals surface area contributed by atoms with Crippen LogP contribution in [-0.4, -0.2) is 42.2 Å². The van der Waals surface area contributed by atoms with E-state index in [4.69, 9.17) is 21.3 Å². The number of hydrogen-bond donors (Lipinski definition) is 1. The minimum absolute atomic E-state index is 0.262. The van der Waals surface area contributed by atoms with E-state index in [1.54, 1.807) is 92.0 Å². The van der Waals surface area contributed by atoms with Gasteiger partial charge in [0, 0.05) is 28.7 Å². The van der Waals surface area contributed by atoms with Gasteiger partial charge in [-0.25, -0.2) is 14.6 Å². The van der Waals surface area contributed by atoms with Crippen molar-refractivity contribution in [3.05, 3.63) is 125 Å². The molecule has 1 aliphatic heterocycles. The normalized spacial score (nSPS) is 14.6. The summed E-state index contributed by atoms with van der Waals surface area (Å²) >= 11 is 6.19. The van der Waals surface area contributed by atoms with Crippen LogP contribution in [0.5, 0.6) is 5.75 Å². The Labute approximate surface area is 253 Å². The van der Waals surface area contributed by atoms with Gasteiger partial charge in [-0.2, -0.15) is 0 Å². The number of ether oxygens (including phenoxy) is 1. The number of amides is 4. The van der Waals surface area contributed by atoms with E-state index in [0.29, 0.717) is 28.4 Å². The number of anilines is 2. The fourth-order valence-electron chi connectivity index (χ4n) is 5.27. The number of nitrogens with zero attached hydrogens (tertiary/aromatic N) is 3. The zero-order valence-electron chi connectivity index (χ0n) is 23.2. The molecule has 2 heterocycles. The molecule has 9 heteroatoms. The number of benzene rings is 4. The first-order valence-electron chi connectivity index (χ1n) is 13.7. The van der Waals surface area contributed by atoms with Crippen LogP contribution < -0.4 is 14.5 Å². The van der Waals surface area contributed by atoms with Crippen molar-refractivity contribution in [2.75, 3.05) is 23.5 Å². The van der Waals surface area contributed by atoms with Gasteiger partial charge in [0.25, 0.3) is 11.8 Å². The molecule has 0 unspecified atom stereocenters. The summed E-state index contributed by atoms with van der Waals surface area (Å²) in [7, 11) is 1.62. The molecule has 0 bridgehead atoms. The Bertz CT molecular complexity index is 1770. The molecule has 214 valence electrons. The van der Waals surface area contributed by atoms with E-state index in [1.807, 2.05) is 24.4 Å². The molecule has 4 amide bonds. The summed E-state index contributed by atoms with van der Waals surface area (Å²) in [5.74, 6) is -1.97. The molecule has 0 aliphatic carbocycles. The predicted molar refractivity (Wildman–Crippen MR) is 168 cm³/mol. The van der Waals surface area contributed by atoms with Gasteiger partial charge in [-0.3, -0.25) is 14.6 Å². The largest absolute Gasteiger partial charge is 0.497 e. The summed E-state index contributed by atoms with van der Waals surface area (Å²) < 4.78 is 5.40. The molecule has 1 fully saturated rings. The zero-order chi connectivity index (χ0) is 29.9. The van der Waals surface area contributed by atoms with E-state index < -0.39 is 23.8 Å². The van der Waals surface area contributed by atoms with E-state index in [9.17, 15) is 14.4 Å². The van der Waals surface area contributed by atoms with Crippen molar-refractivity contribution in [3.63, 3.8) is 0 Å². The minimum atomic E-state index is -1.37. The highest BCUT2D eigenvalue weighted by Gasteiger charge is 2.49. The van der Waals surface area contributed by atoms with Gasteiger partial charge in [0.2, 0.25) is 0 Å². The van der Waals surface area contributed by atoms with E-state index in [0.717, 1.165) is 32.0 Å². The van der Waals surface area contributed by atoms with Gasteiger partial charge >= 0.3 is 6.03 Å².